The molecule has 1 amide bonds. The van der Waals surface area contributed by atoms with Gasteiger partial charge in [-0.1, -0.05) is 23.7 Å². The van der Waals surface area contributed by atoms with E-state index in [1.54, 1.807) is 23.5 Å². The summed E-state index contributed by atoms with van der Waals surface area (Å²) < 4.78 is 5.73. The van der Waals surface area contributed by atoms with Crippen LogP contribution >= 0.6 is 22.9 Å². The first-order chi connectivity index (χ1) is 12.1. The minimum Gasteiger partial charge on any atom is -0.480 e. The highest BCUT2D eigenvalue weighted by molar-refractivity contribution is 7.09. The lowest BCUT2D eigenvalue weighted by atomic mass is 10.1. The van der Waals surface area contributed by atoms with Crippen molar-refractivity contribution < 1.29 is 9.53 Å². The zero-order valence-corrected chi connectivity index (χ0v) is 15.0. The summed E-state index contributed by atoms with van der Waals surface area (Å²) in [5, 5.41) is 6.60. The van der Waals surface area contributed by atoms with E-state index in [4.69, 9.17) is 16.3 Å². The molecule has 25 heavy (non-hydrogen) atoms. The highest BCUT2D eigenvalue weighted by Gasteiger charge is 2.29. The SMILES string of the molecule is Cc1nc(-c2cccc(NC(=O)C3Cc4cc(Cl)ccc4O3)c2)cs1. The van der Waals surface area contributed by atoms with Crippen LogP contribution in [-0.2, 0) is 11.2 Å². The minimum atomic E-state index is -0.543. The Hall–Kier alpha value is -2.37. The van der Waals surface area contributed by atoms with Gasteiger partial charge in [0.15, 0.2) is 6.10 Å². The summed E-state index contributed by atoms with van der Waals surface area (Å²) in [5.41, 5.74) is 3.58. The van der Waals surface area contributed by atoms with Crippen LogP contribution in [0.5, 0.6) is 5.75 Å². The van der Waals surface area contributed by atoms with Crippen LogP contribution in [-0.4, -0.2) is 17.0 Å². The molecule has 0 aliphatic carbocycles. The third kappa shape index (κ3) is 3.38. The lowest BCUT2D eigenvalue weighted by Gasteiger charge is -2.12. The van der Waals surface area contributed by atoms with Gasteiger partial charge in [0.1, 0.15) is 5.75 Å². The molecule has 126 valence electrons. The molecular weight excluding hydrogens is 356 g/mol. The standard InChI is InChI=1S/C19H15ClN2O2S/c1-11-21-16(10-25-11)12-3-2-4-15(8-12)22-19(23)18-9-13-7-14(20)5-6-17(13)24-18/h2-8,10,18H,9H2,1H3,(H,22,23). The molecule has 4 rings (SSSR count). The van der Waals surface area contributed by atoms with Crippen LogP contribution in [0.25, 0.3) is 11.3 Å². The number of amides is 1. The van der Waals surface area contributed by atoms with E-state index in [-0.39, 0.29) is 5.91 Å². The van der Waals surface area contributed by atoms with Gasteiger partial charge in [-0.15, -0.1) is 11.3 Å². The molecule has 0 saturated carbocycles. The van der Waals surface area contributed by atoms with E-state index in [0.29, 0.717) is 11.4 Å². The molecule has 1 aliphatic rings. The highest BCUT2D eigenvalue weighted by atomic mass is 35.5. The van der Waals surface area contributed by atoms with Crippen LogP contribution < -0.4 is 10.1 Å². The Bertz CT molecular complexity index is 954. The smallest absolute Gasteiger partial charge is 0.265 e. The minimum absolute atomic E-state index is 0.168. The molecular formula is C19H15ClN2O2S. The van der Waals surface area contributed by atoms with Crippen LogP contribution in [0.4, 0.5) is 5.69 Å². The topological polar surface area (TPSA) is 51.2 Å². The number of halogens is 1. The Labute approximate surface area is 154 Å². The predicted molar refractivity (Wildman–Crippen MR) is 100 cm³/mol. The molecule has 4 nitrogen and oxygen atoms in total. The normalized spacial score (nSPS) is 15.5. The van der Waals surface area contributed by atoms with Crippen LogP contribution in [0, 0.1) is 6.92 Å². The summed E-state index contributed by atoms with van der Waals surface area (Å²) in [6.45, 7) is 1.97. The largest absolute Gasteiger partial charge is 0.480 e. The number of carbonyl (C=O) groups is 1. The quantitative estimate of drug-likeness (QED) is 0.726. The van der Waals surface area contributed by atoms with Gasteiger partial charge >= 0.3 is 0 Å². The molecule has 1 aromatic heterocycles. The number of benzene rings is 2. The zero-order chi connectivity index (χ0) is 17.4. The van der Waals surface area contributed by atoms with E-state index in [0.717, 1.165) is 33.3 Å². The van der Waals surface area contributed by atoms with Crippen molar-refractivity contribution in [1.29, 1.82) is 0 Å². The number of ether oxygens (including phenoxy) is 1. The summed E-state index contributed by atoms with van der Waals surface area (Å²) in [6.07, 6.45) is -0.0224. The summed E-state index contributed by atoms with van der Waals surface area (Å²) in [6, 6.07) is 13.1. The van der Waals surface area contributed by atoms with Gasteiger partial charge in [-0.2, -0.15) is 0 Å². The molecule has 0 bridgehead atoms. The molecule has 0 saturated heterocycles. The van der Waals surface area contributed by atoms with Gasteiger partial charge in [-0.3, -0.25) is 4.79 Å². The Morgan fingerprint density at radius 2 is 2.20 bits per heavy atom. The highest BCUT2D eigenvalue weighted by Crippen LogP contribution is 2.32. The average molecular weight is 371 g/mol. The van der Waals surface area contributed by atoms with Crippen molar-refractivity contribution in [2.24, 2.45) is 0 Å². The monoisotopic (exact) mass is 370 g/mol. The maximum absolute atomic E-state index is 12.5. The van der Waals surface area contributed by atoms with E-state index in [1.807, 2.05) is 42.6 Å². The van der Waals surface area contributed by atoms with Crippen molar-refractivity contribution in [3.05, 3.63) is 63.4 Å². The van der Waals surface area contributed by atoms with E-state index in [2.05, 4.69) is 10.3 Å². The average Bonchev–Trinajstić information content (AvgIpc) is 3.21. The number of nitrogens with zero attached hydrogens (tertiary/aromatic N) is 1. The van der Waals surface area contributed by atoms with Crippen molar-refractivity contribution in [2.45, 2.75) is 19.4 Å². The molecule has 1 unspecified atom stereocenters. The fraction of sp³-hybridized carbons (Fsp3) is 0.158. The van der Waals surface area contributed by atoms with Crippen molar-refractivity contribution in [1.82, 2.24) is 4.98 Å². The summed E-state index contributed by atoms with van der Waals surface area (Å²) >= 11 is 7.60. The van der Waals surface area contributed by atoms with Crippen molar-refractivity contribution in [2.75, 3.05) is 5.32 Å². The van der Waals surface area contributed by atoms with Gasteiger partial charge in [0.05, 0.1) is 10.7 Å². The first-order valence-corrected chi connectivity index (χ1v) is 9.13. The summed E-state index contributed by atoms with van der Waals surface area (Å²) in [7, 11) is 0. The lowest BCUT2D eigenvalue weighted by molar-refractivity contribution is -0.122. The number of hydrogen-bond acceptors (Lipinski definition) is 4. The molecule has 1 atom stereocenters. The Kier molecular flexibility index (Phi) is 4.19. The number of hydrogen-bond donors (Lipinski definition) is 1. The fourth-order valence-corrected chi connectivity index (χ4v) is 3.66. The third-order valence-electron chi connectivity index (χ3n) is 4.03. The van der Waals surface area contributed by atoms with Crippen LogP contribution in [0.15, 0.2) is 47.8 Å². The first-order valence-electron chi connectivity index (χ1n) is 7.87. The van der Waals surface area contributed by atoms with Gasteiger partial charge in [0.25, 0.3) is 5.91 Å². The fourth-order valence-electron chi connectivity index (χ4n) is 2.84. The van der Waals surface area contributed by atoms with Gasteiger partial charge in [-0.05, 0) is 42.8 Å². The van der Waals surface area contributed by atoms with E-state index in [9.17, 15) is 4.79 Å². The molecule has 2 heterocycles. The lowest BCUT2D eigenvalue weighted by Crippen LogP contribution is -2.31. The van der Waals surface area contributed by atoms with Crippen molar-refractivity contribution in [3.8, 4) is 17.0 Å². The number of nitrogens with one attached hydrogen (secondary N) is 1. The van der Waals surface area contributed by atoms with Crippen LogP contribution in [0.1, 0.15) is 10.6 Å². The maximum Gasteiger partial charge on any atom is 0.265 e. The van der Waals surface area contributed by atoms with Gasteiger partial charge < -0.3 is 10.1 Å². The number of fused-ring (bicyclic) bond motifs is 1. The van der Waals surface area contributed by atoms with E-state index < -0.39 is 6.10 Å². The Morgan fingerprint density at radius 1 is 1.32 bits per heavy atom. The molecule has 1 N–H and O–H groups in total. The number of anilines is 1. The first kappa shape index (κ1) is 16.1. The second-order valence-electron chi connectivity index (χ2n) is 5.88. The second-order valence-corrected chi connectivity index (χ2v) is 7.38. The van der Waals surface area contributed by atoms with E-state index in [1.165, 1.54) is 0 Å². The number of thiazole rings is 1. The second kappa shape index (κ2) is 6.50. The number of aromatic nitrogens is 1. The molecule has 6 heteroatoms. The maximum atomic E-state index is 12.5. The van der Waals surface area contributed by atoms with Gasteiger partial charge in [-0.25, -0.2) is 4.98 Å². The van der Waals surface area contributed by atoms with Crippen LogP contribution in [0.3, 0.4) is 0 Å². The van der Waals surface area contributed by atoms with Crippen molar-refractivity contribution in [3.63, 3.8) is 0 Å². The van der Waals surface area contributed by atoms with Gasteiger partial charge in [0, 0.05) is 28.1 Å². The number of rotatable bonds is 3. The third-order valence-corrected chi connectivity index (χ3v) is 5.04. The molecule has 0 fully saturated rings. The number of carbonyl (C=O) groups excluding carboxylic acids is 1. The van der Waals surface area contributed by atoms with Gasteiger partial charge in [0.2, 0.25) is 0 Å². The number of aryl methyl sites for hydroxylation is 1. The Morgan fingerprint density at radius 3 is 3.00 bits per heavy atom. The molecule has 3 aromatic rings. The zero-order valence-electron chi connectivity index (χ0n) is 13.5. The van der Waals surface area contributed by atoms with E-state index >= 15 is 0 Å². The molecule has 0 spiro atoms. The van der Waals surface area contributed by atoms with Crippen molar-refractivity contribution >= 4 is 34.5 Å². The molecule has 2 aromatic carbocycles. The Balaban J connectivity index is 1.49. The van der Waals surface area contributed by atoms with Crippen LogP contribution in [0.2, 0.25) is 5.02 Å². The molecule has 1 aliphatic heterocycles. The molecule has 0 radical (unpaired) electrons. The summed E-state index contributed by atoms with van der Waals surface area (Å²) in [5.74, 6) is 0.551. The predicted octanol–water partition coefficient (Wildman–Crippen LogP) is 4.71. The summed E-state index contributed by atoms with van der Waals surface area (Å²) in [4.78, 5) is 17.0.